The van der Waals surface area contributed by atoms with E-state index in [9.17, 15) is 4.79 Å². The molecule has 4 nitrogen and oxygen atoms in total. The van der Waals surface area contributed by atoms with Gasteiger partial charge in [0.25, 0.3) is 5.91 Å². The zero-order chi connectivity index (χ0) is 14.8. The molecule has 0 spiro atoms. The van der Waals surface area contributed by atoms with Gasteiger partial charge in [-0.25, -0.2) is 17.6 Å². The van der Waals surface area contributed by atoms with E-state index in [1.54, 1.807) is 36.7 Å². The first-order valence-corrected chi connectivity index (χ1v) is 6.15. The van der Waals surface area contributed by atoms with E-state index in [2.05, 4.69) is 39.8 Å². The molecule has 114 valence electrons. The van der Waals surface area contributed by atoms with Crippen LogP contribution in [-0.2, 0) is 17.1 Å². The molecule has 1 N–H and O–H groups in total. The van der Waals surface area contributed by atoms with Gasteiger partial charge in [-0.1, -0.05) is 6.07 Å². The minimum atomic E-state index is -0.316. The minimum Gasteiger partial charge on any atom is -0.999 e. The van der Waals surface area contributed by atoms with Crippen LogP contribution in [0.2, 0.25) is 0 Å². The molecule has 0 atom stereocenters. The molecule has 22 heavy (non-hydrogen) atoms. The summed E-state index contributed by atoms with van der Waals surface area (Å²) in [4.78, 5) is 15.4. The van der Waals surface area contributed by atoms with E-state index >= 15 is 0 Å². The molecule has 0 saturated heterocycles. The molecular weight excluding hydrogens is 318 g/mol. The van der Waals surface area contributed by atoms with E-state index in [4.69, 9.17) is 0 Å². The molecular formula is C17H11FeN3O-6. The zero-order valence-corrected chi connectivity index (χ0v) is 12.5. The van der Waals surface area contributed by atoms with Gasteiger partial charge in [0.05, 0.1) is 0 Å². The molecule has 0 aliphatic rings. The fourth-order valence-corrected chi connectivity index (χ4v) is 1.38. The van der Waals surface area contributed by atoms with Crippen LogP contribution in [0.5, 0.6) is 0 Å². The molecule has 0 aliphatic heterocycles. The average molecular weight is 329 g/mol. The average Bonchev–Trinajstić information content (AvgIpc) is 3.24. The van der Waals surface area contributed by atoms with Crippen LogP contribution in [0.25, 0.3) is 0 Å². The molecule has 3 rings (SSSR count). The zero-order valence-electron chi connectivity index (χ0n) is 11.4. The maximum Gasteiger partial charge on any atom is 0.289 e. The van der Waals surface area contributed by atoms with Crippen LogP contribution >= 0.6 is 0 Å². The number of aromatic nitrogens is 1. The van der Waals surface area contributed by atoms with Crippen molar-refractivity contribution in [2.45, 2.75) is 0 Å². The number of carbonyl (C=O) groups excluding carboxylic acids is 1. The Labute approximate surface area is 140 Å². The second kappa shape index (κ2) is 10.3. The van der Waals surface area contributed by atoms with Crippen LogP contribution in [0, 0.1) is 24.3 Å². The van der Waals surface area contributed by atoms with E-state index in [-0.39, 0.29) is 23.0 Å². The van der Waals surface area contributed by atoms with Gasteiger partial charge in [0, 0.05) is 23.3 Å². The smallest absolute Gasteiger partial charge is 0.289 e. The van der Waals surface area contributed by atoms with Crippen LogP contribution in [0.1, 0.15) is 16.1 Å². The van der Waals surface area contributed by atoms with E-state index < -0.39 is 0 Å². The third kappa shape index (κ3) is 6.31. The van der Waals surface area contributed by atoms with Crippen LogP contribution in [0.15, 0.2) is 59.8 Å². The summed E-state index contributed by atoms with van der Waals surface area (Å²) in [6.45, 7) is 0. The molecule has 5 heteroatoms. The molecule has 1 amide bonds. The number of pyridine rings is 1. The van der Waals surface area contributed by atoms with Crippen molar-refractivity contribution >= 4 is 12.1 Å². The second-order valence-corrected chi connectivity index (χ2v) is 3.82. The molecule has 0 fully saturated rings. The van der Waals surface area contributed by atoms with Gasteiger partial charge in [-0.3, -0.25) is 9.78 Å². The largest absolute Gasteiger partial charge is 0.999 e. The second-order valence-electron chi connectivity index (χ2n) is 3.82. The molecule has 0 saturated carbocycles. The molecule has 3 aromatic rings. The summed E-state index contributed by atoms with van der Waals surface area (Å²) in [5.74, 6) is -0.316. The van der Waals surface area contributed by atoms with Crippen molar-refractivity contribution in [1.29, 1.82) is 0 Å². The number of amides is 1. The van der Waals surface area contributed by atoms with Gasteiger partial charge in [0.1, 0.15) is 5.69 Å². The van der Waals surface area contributed by atoms with Crippen LogP contribution in [-0.4, -0.2) is 17.1 Å². The van der Waals surface area contributed by atoms with Crippen LogP contribution in [0.3, 0.4) is 0 Å². The summed E-state index contributed by atoms with van der Waals surface area (Å²) >= 11 is 0. The number of hydrazone groups is 1. The van der Waals surface area contributed by atoms with Crippen molar-refractivity contribution in [1.82, 2.24) is 10.4 Å². The summed E-state index contributed by atoms with van der Waals surface area (Å²) in [6.07, 6.45) is 3.15. The van der Waals surface area contributed by atoms with Crippen molar-refractivity contribution in [2.75, 3.05) is 0 Å². The summed E-state index contributed by atoms with van der Waals surface area (Å²) < 4.78 is 0. The Morgan fingerprint density at radius 1 is 1.23 bits per heavy atom. The normalized spacial score (nSPS) is 9.45. The number of rotatable bonds is 3. The number of nitrogens with one attached hydrogen (secondary N) is 1. The molecule has 0 bridgehead atoms. The quantitative estimate of drug-likeness (QED) is 0.347. The van der Waals surface area contributed by atoms with Gasteiger partial charge in [-0.15, -0.1) is 5.56 Å². The van der Waals surface area contributed by atoms with Gasteiger partial charge in [-0.2, -0.15) is 17.2 Å². The van der Waals surface area contributed by atoms with Crippen molar-refractivity contribution in [2.24, 2.45) is 5.10 Å². The third-order valence-corrected chi connectivity index (χ3v) is 2.32. The fraction of sp³-hybridized carbons (Fsp3) is 0. The molecule has 0 aliphatic carbocycles. The number of carbonyl (C=O) groups is 1. The van der Waals surface area contributed by atoms with Gasteiger partial charge in [0.15, 0.2) is 0 Å². The number of nitrogens with zero attached hydrogens (tertiary/aromatic N) is 2. The fourth-order valence-electron chi connectivity index (χ4n) is 1.38. The van der Waals surface area contributed by atoms with Crippen LogP contribution < -0.4 is 5.43 Å². The van der Waals surface area contributed by atoms with Crippen molar-refractivity contribution in [3.05, 3.63) is 90.3 Å². The molecule has 0 unspecified atom stereocenters. The van der Waals surface area contributed by atoms with Crippen molar-refractivity contribution < 1.29 is 21.9 Å². The molecule has 2 aromatic carbocycles. The maximum absolute atomic E-state index is 11.5. The Kier molecular flexibility index (Phi) is 8.20. The Morgan fingerprint density at radius 2 is 1.95 bits per heavy atom. The predicted octanol–water partition coefficient (Wildman–Crippen LogP) is 2.17. The van der Waals surface area contributed by atoms with Crippen LogP contribution in [0.4, 0.5) is 0 Å². The monoisotopic (exact) mass is 329 g/mol. The van der Waals surface area contributed by atoms with E-state index in [0.29, 0.717) is 5.69 Å². The molecule has 1 aromatic heterocycles. The predicted molar refractivity (Wildman–Crippen MR) is 78.7 cm³/mol. The number of hydrogen-bond acceptors (Lipinski definition) is 3. The third-order valence-electron chi connectivity index (χ3n) is 2.32. The Balaban J connectivity index is 0.000000344. The number of hydrogen-bond donors (Lipinski definition) is 1. The molecule has 1 heterocycles. The Hall–Kier alpha value is -2.49. The standard InChI is InChI=1S/C12H10N3O.C5H.Fe/c16-12(11-7-3-4-8-13-11)15-14-9-10-5-1-2-6-10;1-2-4-5-3-1;/h1-9H,(H,15,16);1H;/q-1;-5;. The van der Waals surface area contributed by atoms with E-state index in [0.717, 1.165) is 5.56 Å². The van der Waals surface area contributed by atoms with Crippen molar-refractivity contribution in [3.63, 3.8) is 0 Å². The van der Waals surface area contributed by atoms with Crippen molar-refractivity contribution in [3.8, 4) is 0 Å². The summed E-state index contributed by atoms with van der Waals surface area (Å²) in [7, 11) is 0. The van der Waals surface area contributed by atoms with Gasteiger partial charge in [-0.05, 0) is 18.3 Å². The Bertz CT molecular complexity index is 629. The Morgan fingerprint density at radius 3 is 2.50 bits per heavy atom. The first-order valence-electron chi connectivity index (χ1n) is 6.15. The summed E-state index contributed by atoms with van der Waals surface area (Å²) in [6, 6.07) is 24.7. The SMILES string of the molecule is O=C(NN=C[c-]1cccc1)c1ccccn1.[Fe].[c-]1[c-][c-][cH-][c-]1. The molecule has 0 radical (unpaired) electrons. The first kappa shape index (κ1) is 17.6. The van der Waals surface area contributed by atoms with E-state index in [1.807, 2.05) is 24.3 Å². The van der Waals surface area contributed by atoms with E-state index in [1.165, 1.54) is 0 Å². The summed E-state index contributed by atoms with van der Waals surface area (Å²) in [5.41, 5.74) is 3.70. The topological polar surface area (TPSA) is 54.4 Å². The minimum absolute atomic E-state index is 0. The van der Waals surface area contributed by atoms with Gasteiger partial charge in [0.2, 0.25) is 0 Å². The maximum atomic E-state index is 11.5. The summed E-state index contributed by atoms with van der Waals surface area (Å²) in [5, 5.41) is 3.83. The van der Waals surface area contributed by atoms with Gasteiger partial charge < -0.3 is 30.3 Å². The van der Waals surface area contributed by atoms with Gasteiger partial charge >= 0.3 is 0 Å². The first-order chi connectivity index (χ1) is 10.4.